The summed E-state index contributed by atoms with van der Waals surface area (Å²) < 4.78 is 36.5. The van der Waals surface area contributed by atoms with Gasteiger partial charge in [0.05, 0.1) is 0 Å². The molecule has 0 fully saturated rings. The molecule has 0 unspecified atom stereocenters. The van der Waals surface area contributed by atoms with Crippen molar-refractivity contribution in [3.05, 3.63) is 22.4 Å². The fourth-order valence-corrected chi connectivity index (χ4v) is 1.20. The van der Waals surface area contributed by atoms with Crippen molar-refractivity contribution < 1.29 is 27.9 Å². The lowest BCUT2D eigenvalue weighted by Crippen LogP contribution is -2.42. The second kappa shape index (κ2) is 4.94. The Kier molecular flexibility index (Phi) is 3.79. The van der Waals surface area contributed by atoms with Gasteiger partial charge < -0.3 is 20.0 Å². The van der Waals surface area contributed by atoms with E-state index in [9.17, 15) is 27.6 Å². The van der Waals surface area contributed by atoms with Crippen LogP contribution in [-0.2, 0) is 4.79 Å². The quantitative estimate of drug-likeness (QED) is 0.701. The number of amides is 1. The standard InChI is InChI=1S/C8H8F3N3O4/c9-8(10,11)3-14(2-5(15)16)6(17)4-1-12-7(18)13-4/h1H,2-3H2,(H,15,16)(H2,12,13,18). The molecule has 1 aromatic heterocycles. The van der Waals surface area contributed by atoms with Crippen LogP contribution in [0.3, 0.4) is 0 Å². The van der Waals surface area contributed by atoms with E-state index in [1.54, 1.807) is 0 Å². The maximum absolute atomic E-state index is 12.2. The van der Waals surface area contributed by atoms with E-state index in [1.807, 2.05) is 9.97 Å². The van der Waals surface area contributed by atoms with E-state index in [-0.39, 0.29) is 4.90 Å². The molecule has 0 saturated carbocycles. The van der Waals surface area contributed by atoms with Crippen LogP contribution in [0.5, 0.6) is 0 Å². The zero-order valence-corrected chi connectivity index (χ0v) is 8.74. The maximum atomic E-state index is 12.2. The number of halogens is 3. The van der Waals surface area contributed by atoms with E-state index >= 15 is 0 Å². The number of hydrogen-bond acceptors (Lipinski definition) is 3. The normalized spacial score (nSPS) is 11.3. The van der Waals surface area contributed by atoms with Gasteiger partial charge in [0.25, 0.3) is 5.91 Å². The van der Waals surface area contributed by atoms with Crippen LogP contribution in [0.4, 0.5) is 13.2 Å². The number of alkyl halides is 3. The number of carbonyl (C=O) groups excluding carboxylic acids is 1. The van der Waals surface area contributed by atoms with E-state index in [0.29, 0.717) is 0 Å². The molecule has 0 atom stereocenters. The van der Waals surface area contributed by atoms with Crippen LogP contribution >= 0.6 is 0 Å². The fraction of sp³-hybridized carbons (Fsp3) is 0.375. The molecule has 1 aromatic rings. The van der Waals surface area contributed by atoms with Crippen molar-refractivity contribution in [2.75, 3.05) is 13.1 Å². The highest BCUT2D eigenvalue weighted by molar-refractivity contribution is 5.93. The Bertz CT molecular complexity index is 504. The number of nitrogens with one attached hydrogen (secondary N) is 2. The Labute approximate surface area is 97.2 Å². The molecule has 10 heteroatoms. The number of carboxylic acid groups (broad SMARTS) is 1. The Hall–Kier alpha value is -2.26. The van der Waals surface area contributed by atoms with Crippen LogP contribution in [0.25, 0.3) is 0 Å². The maximum Gasteiger partial charge on any atom is 0.406 e. The average molecular weight is 267 g/mol. The summed E-state index contributed by atoms with van der Waals surface area (Å²) in [6.45, 7) is -2.84. The minimum Gasteiger partial charge on any atom is -0.480 e. The van der Waals surface area contributed by atoms with Crippen LogP contribution < -0.4 is 5.69 Å². The molecule has 0 spiro atoms. The highest BCUT2D eigenvalue weighted by atomic mass is 19.4. The minimum absolute atomic E-state index is 0.0709. The third kappa shape index (κ3) is 3.96. The summed E-state index contributed by atoms with van der Waals surface area (Å²) in [5, 5.41) is 8.44. The van der Waals surface area contributed by atoms with Crippen molar-refractivity contribution in [2.24, 2.45) is 0 Å². The summed E-state index contributed by atoms with van der Waals surface area (Å²) in [6, 6.07) is 0. The van der Waals surface area contributed by atoms with Gasteiger partial charge in [-0.05, 0) is 0 Å². The van der Waals surface area contributed by atoms with Crippen molar-refractivity contribution in [1.29, 1.82) is 0 Å². The molecule has 100 valence electrons. The molecule has 0 saturated heterocycles. The second-order valence-electron chi connectivity index (χ2n) is 3.33. The number of rotatable bonds is 4. The molecule has 0 radical (unpaired) electrons. The summed E-state index contributed by atoms with van der Waals surface area (Å²) in [5.41, 5.74) is -1.22. The van der Waals surface area contributed by atoms with Crippen molar-refractivity contribution >= 4 is 11.9 Å². The van der Waals surface area contributed by atoms with Gasteiger partial charge in [0.1, 0.15) is 18.8 Å². The molecule has 7 nitrogen and oxygen atoms in total. The lowest BCUT2D eigenvalue weighted by Gasteiger charge is -2.21. The lowest BCUT2D eigenvalue weighted by atomic mass is 10.3. The van der Waals surface area contributed by atoms with E-state index < -0.39 is 42.5 Å². The Balaban J connectivity index is 2.92. The fourth-order valence-electron chi connectivity index (χ4n) is 1.20. The number of nitrogens with zero attached hydrogens (tertiary/aromatic N) is 1. The van der Waals surface area contributed by atoms with Gasteiger partial charge in [0.15, 0.2) is 0 Å². The zero-order chi connectivity index (χ0) is 13.9. The van der Waals surface area contributed by atoms with Gasteiger partial charge in [-0.1, -0.05) is 0 Å². The lowest BCUT2D eigenvalue weighted by molar-refractivity contribution is -0.149. The first-order valence-electron chi connectivity index (χ1n) is 4.54. The molecule has 0 bridgehead atoms. The Morgan fingerprint density at radius 1 is 1.39 bits per heavy atom. The molecule has 0 aliphatic carbocycles. The van der Waals surface area contributed by atoms with Crippen molar-refractivity contribution in [1.82, 2.24) is 14.9 Å². The largest absolute Gasteiger partial charge is 0.480 e. The van der Waals surface area contributed by atoms with Crippen LogP contribution in [0.2, 0.25) is 0 Å². The van der Waals surface area contributed by atoms with Gasteiger partial charge in [-0.25, -0.2) is 4.79 Å². The average Bonchev–Trinajstić information content (AvgIpc) is 2.59. The van der Waals surface area contributed by atoms with Crippen LogP contribution in [0.15, 0.2) is 11.0 Å². The number of aliphatic carboxylic acids is 1. The van der Waals surface area contributed by atoms with E-state index in [2.05, 4.69) is 0 Å². The van der Waals surface area contributed by atoms with Crippen molar-refractivity contribution in [2.45, 2.75) is 6.18 Å². The van der Waals surface area contributed by atoms with E-state index in [0.717, 1.165) is 6.20 Å². The van der Waals surface area contributed by atoms with Crippen LogP contribution in [0, 0.1) is 0 Å². The molecule has 1 heterocycles. The first-order chi connectivity index (χ1) is 8.19. The number of hydrogen-bond donors (Lipinski definition) is 3. The number of aromatic amines is 2. The van der Waals surface area contributed by atoms with Crippen molar-refractivity contribution in [3.63, 3.8) is 0 Å². The van der Waals surface area contributed by atoms with Crippen molar-refractivity contribution in [3.8, 4) is 0 Å². The van der Waals surface area contributed by atoms with Gasteiger partial charge >= 0.3 is 17.8 Å². The smallest absolute Gasteiger partial charge is 0.406 e. The SMILES string of the molecule is O=C(O)CN(CC(F)(F)F)C(=O)c1c[nH]c(=O)[nH]1. The van der Waals surface area contributed by atoms with Gasteiger partial charge in [-0.15, -0.1) is 0 Å². The summed E-state index contributed by atoms with van der Waals surface area (Å²) >= 11 is 0. The minimum atomic E-state index is -4.73. The van der Waals surface area contributed by atoms with Gasteiger partial charge in [0, 0.05) is 6.20 Å². The molecule has 18 heavy (non-hydrogen) atoms. The topological polar surface area (TPSA) is 106 Å². The molecular formula is C8H8F3N3O4. The first-order valence-corrected chi connectivity index (χ1v) is 4.54. The molecule has 0 aliphatic heterocycles. The molecule has 1 amide bonds. The number of imidazole rings is 1. The predicted octanol–water partition coefficient (Wildman–Crippen LogP) is -0.208. The number of aromatic nitrogens is 2. The molecule has 3 N–H and O–H groups in total. The van der Waals surface area contributed by atoms with Gasteiger partial charge in [-0.3, -0.25) is 9.59 Å². The third-order valence-electron chi connectivity index (χ3n) is 1.81. The predicted molar refractivity (Wildman–Crippen MR) is 51.0 cm³/mol. The van der Waals surface area contributed by atoms with Gasteiger partial charge in [0.2, 0.25) is 0 Å². The second-order valence-corrected chi connectivity index (χ2v) is 3.33. The monoisotopic (exact) mass is 267 g/mol. The highest BCUT2D eigenvalue weighted by Crippen LogP contribution is 2.17. The van der Waals surface area contributed by atoms with Gasteiger partial charge in [-0.2, -0.15) is 13.2 Å². The molecule has 0 aromatic carbocycles. The number of carbonyl (C=O) groups is 2. The Morgan fingerprint density at radius 3 is 2.39 bits per heavy atom. The summed E-state index contributed by atoms with van der Waals surface area (Å²) in [5.74, 6) is -2.82. The van der Waals surface area contributed by atoms with Crippen LogP contribution in [0.1, 0.15) is 10.5 Å². The molecule has 1 rings (SSSR count). The van der Waals surface area contributed by atoms with E-state index in [4.69, 9.17) is 5.11 Å². The molecule has 0 aliphatic rings. The van der Waals surface area contributed by atoms with E-state index in [1.165, 1.54) is 0 Å². The summed E-state index contributed by atoms with van der Waals surface area (Å²) in [7, 11) is 0. The molecular weight excluding hydrogens is 259 g/mol. The third-order valence-corrected chi connectivity index (χ3v) is 1.81. The number of carboxylic acids is 1. The Morgan fingerprint density at radius 2 is 2.00 bits per heavy atom. The first kappa shape index (κ1) is 13.8. The zero-order valence-electron chi connectivity index (χ0n) is 8.74. The number of H-pyrrole nitrogens is 2. The highest BCUT2D eigenvalue weighted by Gasteiger charge is 2.34. The summed E-state index contributed by atoms with van der Waals surface area (Å²) in [4.78, 5) is 36.7. The van der Waals surface area contributed by atoms with Crippen LogP contribution in [-0.4, -0.2) is 51.1 Å². The summed E-state index contributed by atoms with van der Waals surface area (Å²) in [6.07, 6.45) is -3.86.